The van der Waals surface area contributed by atoms with Crippen LogP contribution in [-0.2, 0) is 16.1 Å². The zero-order chi connectivity index (χ0) is 32.3. The second kappa shape index (κ2) is 13.2. The maximum Gasteiger partial charge on any atom is 0.240 e. The molecular formula is C35H41FN6O3. The Morgan fingerprint density at radius 2 is 1.73 bits per heavy atom. The van der Waals surface area contributed by atoms with E-state index < -0.39 is 11.2 Å². The summed E-state index contributed by atoms with van der Waals surface area (Å²) in [4.78, 5) is 39.4. The van der Waals surface area contributed by atoms with E-state index in [0.717, 1.165) is 37.4 Å². The molecule has 0 spiro atoms. The van der Waals surface area contributed by atoms with Gasteiger partial charge >= 0.3 is 0 Å². The average Bonchev–Trinajstić information content (AvgIpc) is 3.33. The standard InChI is InChI=1S/C35H41FN6O3/c1-35(2,3)34(45)37-21-23-7-6-8-24(19-23)32(31-28-14-9-25(36)20-29(28)39-33(31)44)38-26-10-12-27(13-11-26)41(5)30(43)22-42-17-15-40(4)16-18-42/h6-14,19-20,39,44H,15-18,21-22H2,1-5H3,(H,37,45). The van der Waals surface area contributed by atoms with E-state index in [-0.39, 0.29) is 17.7 Å². The first kappa shape index (κ1) is 31.9. The van der Waals surface area contributed by atoms with E-state index in [1.54, 1.807) is 18.0 Å². The van der Waals surface area contributed by atoms with Gasteiger partial charge in [0.2, 0.25) is 11.8 Å². The number of nitrogens with one attached hydrogen (secondary N) is 2. The number of fused-ring (bicyclic) bond motifs is 1. The summed E-state index contributed by atoms with van der Waals surface area (Å²) in [6.45, 7) is 9.89. The van der Waals surface area contributed by atoms with Crippen LogP contribution in [0.1, 0.15) is 37.5 Å². The molecule has 10 heteroatoms. The van der Waals surface area contributed by atoms with Crippen LogP contribution in [0.2, 0.25) is 0 Å². The molecule has 1 fully saturated rings. The highest BCUT2D eigenvalue weighted by molar-refractivity contribution is 6.22. The number of hydrogen-bond acceptors (Lipinski definition) is 6. The van der Waals surface area contributed by atoms with Gasteiger partial charge < -0.3 is 25.2 Å². The number of carbonyl (C=O) groups excluding carboxylic acids is 2. The summed E-state index contributed by atoms with van der Waals surface area (Å²) in [5.41, 5.74) is 3.75. The number of likely N-dealkylation sites (N-methyl/N-ethyl adjacent to an activating group) is 2. The molecule has 0 bridgehead atoms. The molecule has 1 aliphatic rings. The monoisotopic (exact) mass is 612 g/mol. The Morgan fingerprint density at radius 3 is 2.42 bits per heavy atom. The predicted octanol–water partition coefficient (Wildman–Crippen LogP) is 5.05. The molecule has 0 saturated carbocycles. The first-order valence-electron chi connectivity index (χ1n) is 15.1. The minimum Gasteiger partial charge on any atom is -0.494 e. The highest BCUT2D eigenvalue weighted by Gasteiger charge is 2.23. The van der Waals surface area contributed by atoms with Gasteiger partial charge in [0.1, 0.15) is 5.82 Å². The van der Waals surface area contributed by atoms with Gasteiger partial charge in [-0.05, 0) is 61.1 Å². The van der Waals surface area contributed by atoms with Crippen molar-refractivity contribution in [2.75, 3.05) is 51.7 Å². The summed E-state index contributed by atoms with van der Waals surface area (Å²) in [5, 5.41) is 14.6. The molecule has 1 aromatic heterocycles. The summed E-state index contributed by atoms with van der Waals surface area (Å²) in [6, 6.07) is 19.2. The summed E-state index contributed by atoms with van der Waals surface area (Å²) in [6.07, 6.45) is 0. The molecule has 45 heavy (non-hydrogen) atoms. The molecular weight excluding hydrogens is 571 g/mol. The van der Waals surface area contributed by atoms with E-state index in [1.165, 1.54) is 12.1 Å². The smallest absolute Gasteiger partial charge is 0.240 e. The van der Waals surface area contributed by atoms with Gasteiger partial charge in [-0.2, -0.15) is 0 Å². The number of rotatable bonds is 8. The van der Waals surface area contributed by atoms with E-state index in [9.17, 15) is 19.1 Å². The normalized spacial score (nSPS) is 14.9. The van der Waals surface area contributed by atoms with Gasteiger partial charge in [-0.15, -0.1) is 0 Å². The predicted molar refractivity (Wildman–Crippen MR) is 177 cm³/mol. The van der Waals surface area contributed by atoms with Crippen molar-refractivity contribution in [1.82, 2.24) is 20.1 Å². The van der Waals surface area contributed by atoms with Gasteiger partial charge in [-0.25, -0.2) is 9.38 Å². The van der Waals surface area contributed by atoms with Crippen molar-refractivity contribution in [1.29, 1.82) is 0 Å². The Bertz CT molecular complexity index is 1720. The van der Waals surface area contributed by atoms with E-state index in [0.29, 0.717) is 46.5 Å². The quantitative estimate of drug-likeness (QED) is 0.242. The van der Waals surface area contributed by atoms with Crippen LogP contribution in [0.25, 0.3) is 10.9 Å². The van der Waals surface area contributed by atoms with Gasteiger partial charge in [0, 0.05) is 61.8 Å². The van der Waals surface area contributed by atoms with Gasteiger partial charge in [-0.3, -0.25) is 14.5 Å². The number of nitrogens with zero attached hydrogens (tertiary/aromatic N) is 4. The molecule has 0 aliphatic carbocycles. The molecule has 3 aromatic carbocycles. The first-order valence-corrected chi connectivity index (χ1v) is 15.1. The molecule has 236 valence electrons. The number of halogens is 1. The minimum absolute atomic E-state index is 0.0165. The molecule has 5 rings (SSSR count). The van der Waals surface area contributed by atoms with Gasteiger partial charge in [0.15, 0.2) is 5.88 Å². The molecule has 2 heterocycles. The van der Waals surface area contributed by atoms with Crippen molar-refractivity contribution in [3.05, 3.63) is 89.2 Å². The number of amides is 2. The second-order valence-corrected chi connectivity index (χ2v) is 12.7. The average molecular weight is 613 g/mol. The van der Waals surface area contributed by atoms with Crippen LogP contribution in [0, 0.1) is 11.2 Å². The van der Waals surface area contributed by atoms with Crippen LogP contribution in [0.3, 0.4) is 0 Å². The van der Waals surface area contributed by atoms with Crippen LogP contribution < -0.4 is 10.2 Å². The maximum atomic E-state index is 14.0. The highest BCUT2D eigenvalue weighted by Crippen LogP contribution is 2.32. The molecule has 0 atom stereocenters. The Morgan fingerprint density at radius 1 is 1.02 bits per heavy atom. The molecule has 1 aliphatic heterocycles. The summed E-state index contributed by atoms with van der Waals surface area (Å²) in [7, 11) is 3.86. The number of aromatic amines is 1. The van der Waals surface area contributed by atoms with E-state index >= 15 is 0 Å². The fourth-order valence-electron chi connectivity index (χ4n) is 5.26. The SMILES string of the molecule is CN1CCN(CC(=O)N(C)c2ccc(N=C(c3cccc(CNC(=O)C(C)(C)C)c3)c3c(O)[nH]c4cc(F)ccc34)cc2)CC1. The van der Waals surface area contributed by atoms with Crippen LogP contribution in [0.15, 0.2) is 71.7 Å². The summed E-state index contributed by atoms with van der Waals surface area (Å²) in [5.74, 6) is -0.605. The third kappa shape index (κ3) is 7.58. The van der Waals surface area contributed by atoms with E-state index in [2.05, 4.69) is 27.1 Å². The van der Waals surface area contributed by atoms with Crippen molar-refractivity contribution in [3.8, 4) is 5.88 Å². The third-order valence-corrected chi connectivity index (χ3v) is 8.12. The molecule has 3 N–H and O–H groups in total. The summed E-state index contributed by atoms with van der Waals surface area (Å²) >= 11 is 0. The largest absolute Gasteiger partial charge is 0.494 e. The van der Waals surface area contributed by atoms with E-state index in [1.807, 2.05) is 69.3 Å². The second-order valence-electron chi connectivity index (χ2n) is 12.7. The van der Waals surface area contributed by atoms with E-state index in [4.69, 9.17) is 4.99 Å². The van der Waals surface area contributed by atoms with Gasteiger partial charge in [0.05, 0.1) is 29.0 Å². The Balaban J connectivity index is 1.46. The lowest BCUT2D eigenvalue weighted by molar-refractivity contribution is -0.128. The topological polar surface area (TPSA) is 104 Å². The number of aromatic nitrogens is 1. The van der Waals surface area contributed by atoms with Gasteiger partial charge in [0.25, 0.3) is 0 Å². The Hall–Kier alpha value is -4.54. The molecule has 1 saturated heterocycles. The van der Waals surface area contributed by atoms with Crippen LogP contribution >= 0.6 is 0 Å². The Labute approximate surface area is 263 Å². The third-order valence-electron chi connectivity index (χ3n) is 8.12. The molecule has 0 radical (unpaired) electrons. The lowest BCUT2D eigenvalue weighted by Gasteiger charge is -2.32. The number of aromatic hydroxyl groups is 1. The maximum absolute atomic E-state index is 14.0. The molecule has 4 aromatic rings. The Kier molecular flexibility index (Phi) is 9.36. The van der Waals surface area contributed by atoms with Crippen LogP contribution in [0.4, 0.5) is 15.8 Å². The van der Waals surface area contributed by atoms with Gasteiger partial charge in [-0.1, -0.05) is 39.0 Å². The molecule has 0 unspecified atom stereocenters. The minimum atomic E-state index is -0.523. The van der Waals surface area contributed by atoms with Crippen LogP contribution in [-0.4, -0.2) is 84.2 Å². The molecule has 9 nitrogen and oxygen atoms in total. The lowest BCUT2D eigenvalue weighted by Crippen LogP contribution is -2.48. The zero-order valence-electron chi connectivity index (χ0n) is 26.5. The van der Waals surface area contributed by atoms with Crippen molar-refractivity contribution >= 4 is 39.8 Å². The number of aliphatic imine (C=N–C) groups is 1. The lowest BCUT2D eigenvalue weighted by atomic mass is 9.95. The fraction of sp³-hybridized carbons (Fsp3) is 0.343. The number of benzene rings is 3. The highest BCUT2D eigenvalue weighted by atomic mass is 19.1. The van der Waals surface area contributed by atoms with Crippen LogP contribution in [0.5, 0.6) is 5.88 Å². The fourth-order valence-corrected chi connectivity index (χ4v) is 5.26. The number of anilines is 1. The number of H-pyrrole nitrogens is 1. The van der Waals surface area contributed by atoms with Crippen molar-refractivity contribution in [2.24, 2.45) is 10.4 Å². The summed E-state index contributed by atoms with van der Waals surface area (Å²) < 4.78 is 14.0. The van der Waals surface area contributed by atoms with Crippen molar-refractivity contribution in [3.63, 3.8) is 0 Å². The molecule has 2 amide bonds. The number of hydrogen-bond donors (Lipinski definition) is 3. The first-order chi connectivity index (χ1) is 21.4. The zero-order valence-corrected chi connectivity index (χ0v) is 26.5. The van der Waals surface area contributed by atoms with Crippen molar-refractivity contribution < 1.29 is 19.1 Å². The number of carbonyl (C=O) groups is 2. The van der Waals surface area contributed by atoms with Crippen molar-refractivity contribution in [2.45, 2.75) is 27.3 Å². The number of piperazine rings is 1.